The predicted octanol–water partition coefficient (Wildman–Crippen LogP) is 4.06. The van der Waals surface area contributed by atoms with Crippen molar-refractivity contribution in [1.82, 2.24) is 39.5 Å². The summed E-state index contributed by atoms with van der Waals surface area (Å²) in [5.74, 6) is 1.31. The van der Waals surface area contributed by atoms with Gasteiger partial charge in [0.25, 0.3) is 5.91 Å². The number of aromatic nitrogens is 6. The van der Waals surface area contributed by atoms with E-state index in [4.69, 9.17) is 14.8 Å². The van der Waals surface area contributed by atoms with Gasteiger partial charge in [-0.2, -0.15) is 5.10 Å². The topological polar surface area (TPSA) is 143 Å². The number of carbonyl (C=O) groups excluding carboxylic acids is 1. The van der Waals surface area contributed by atoms with Crippen molar-refractivity contribution in [1.29, 1.82) is 0 Å². The number of amides is 2. The number of ether oxygens (including phenoxy) is 1. The fourth-order valence-electron chi connectivity index (χ4n) is 6.09. The van der Waals surface area contributed by atoms with Gasteiger partial charge < -0.3 is 29.2 Å². The first-order valence-corrected chi connectivity index (χ1v) is 14.3. The molecule has 3 N–H and O–H groups in total. The number of piperidine rings is 1. The maximum atomic E-state index is 14.6. The van der Waals surface area contributed by atoms with Gasteiger partial charge in [-0.15, -0.1) is 0 Å². The van der Waals surface area contributed by atoms with Gasteiger partial charge in [-0.25, -0.2) is 19.2 Å². The van der Waals surface area contributed by atoms with Crippen LogP contribution in [0.5, 0.6) is 5.75 Å². The van der Waals surface area contributed by atoms with E-state index in [1.54, 1.807) is 24.5 Å². The SMILES string of the molecule is COc1cc(C(=O)N2C[C@H](F)C[C@@H](NC(=O)O)C2)cc2nc(-c3cc4cccnc4n3CC3CC3)n(Cc3cn[nH]c3)c12. The number of pyridine rings is 1. The summed E-state index contributed by atoms with van der Waals surface area (Å²) in [5.41, 5.74) is 4.28. The van der Waals surface area contributed by atoms with E-state index in [2.05, 4.69) is 35.7 Å². The molecule has 2 atom stereocenters. The summed E-state index contributed by atoms with van der Waals surface area (Å²) in [6.45, 7) is 1.23. The van der Waals surface area contributed by atoms with Crippen LogP contribution in [0, 0.1) is 5.92 Å². The fraction of sp³-hybridized carbons (Fsp3) is 0.367. The lowest BCUT2D eigenvalue weighted by molar-refractivity contribution is 0.0577. The van der Waals surface area contributed by atoms with E-state index in [0.717, 1.165) is 28.8 Å². The molecule has 5 aromatic rings. The Hall–Kier alpha value is -4.94. The van der Waals surface area contributed by atoms with Crippen LogP contribution in [-0.2, 0) is 13.1 Å². The average Bonchev–Trinajstić information content (AvgIpc) is 3.35. The quantitative estimate of drug-likeness (QED) is 0.249. The number of aromatic amines is 1. The molecule has 0 spiro atoms. The molecule has 43 heavy (non-hydrogen) atoms. The summed E-state index contributed by atoms with van der Waals surface area (Å²) in [4.78, 5) is 36.0. The Morgan fingerprint density at radius 1 is 1.21 bits per heavy atom. The van der Waals surface area contributed by atoms with Crippen molar-refractivity contribution < 1.29 is 23.8 Å². The van der Waals surface area contributed by atoms with E-state index < -0.39 is 24.2 Å². The van der Waals surface area contributed by atoms with Crippen molar-refractivity contribution in [2.45, 2.75) is 44.6 Å². The third-order valence-corrected chi connectivity index (χ3v) is 8.21. The van der Waals surface area contributed by atoms with Gasteiger partial charge in [0.15, 0.2) is 5.82 Å². The van der Waals surface area contributed by atoms with Crippen molar-refractivity contribution in [3.8, 4) is 17.3 Å². The smallest absolute Gasteiger partial charge is 0.404 e. The lowest BCUT2D eigenvalue weighted by Crippen LogP contribution is -2.53. The first-order chi connectivity index (χ1) is 20.9. The molecule has 13 heteroatoms. The molecule has 1 saturated heterocycles. The van der Waals surface area contributed by atoms with Crippen molar-refractivity contribution in [3.05, 3.63) is 60.0 Å². The third-order valence-electron chi connectivity index (χ3n) is 8.21. The molecule has 1 aromatic carbocycles. The summed E-state index contributed by atoms with van der Waals surface area (Å²) >= 11 is 0. The Morgan fingerprint density at radius 2 is 2.07 bits per heavy atom. The molecule has 2 fully saturated rings. The Kier molecular flexibility index (Phi) is 6.71. The number of nitrogens with one attached hydrogen (secondary N) is 2. The fourth-order valence-corrected chi connectivity index (χ4v) is 6.09. The van der Waals surface area contributed by atoms with E-state index in [9.17, 15) is 14.0 Å². The van der Waals surface area contributed by atoms with E-state index in [0.29, 0.717) is 35.1 Å². The maximum absolute atomic E-state index is 14.6. The Morgan fingerprint density at radius 3 is 2.81 bits per heavy atom. The average molecular weight is 587 g/mol. The number of rotatable bonds is 8. The Balaban J connectivity index is 1.36. The molecule has 222 valence electrons. The predicted molar refractivity (Wildman–Crippen MR) is 156 cm³/mol. The molecule has 2 aliphatic rings. The highest BCUT2D eigenvalue weighted by Gasteiger charge is 2.33. The minimum absolute atomic E-state index is 0.0178. The molecule has 5 heterocycles. The standard InChI is InChI=1S/C30H31FN8O4/c1-43-25-9-20(29(40)37-15-21(31)10-22(16-37)35-30(41)42)7-23-26(25)39(14-18-11-33-34-12-18)28(36-23)24-8-19-3-2-6-32-27(19)38(24)13-17-4-5-17/h2-3,6-9,11-12,17,21-22,35H,4-5,10,13-16H2,1H3,(H,33,34)(H,41,42)/t21-,22-/m1/s1. The molecule has 0 radical (unpaired) electrons. The van der Waals surface area contributed by atoms with Crippen molar-refractivity contribution in [2.24, 2.45) is 5.92 Å². The van der Waals surface area contributed by atoms with Crippen molar-refractivity contribution in [2.75, 3.05) is 20.2 Å². The van der Waals surface area contributed by atoms with Crippen molar-refractivity contribution in [3.63, 3.8) is 0 Å². The van der Waals surface area contributed by atoms with Crippen LogP contribution in [0.3, 0.4) is 0 Å². The van der Waals surface area contributed by atoms with Gasteiger partial charge >= 0.3 is 6.09 Å². The van der Waals surface area contributed by atoms with Crippen LogP contribution in [0.2, 0.25) is 0 Å². The number of carbonyl (C=O) groups is 2. The largest absolute Gasteiger partial charge is 0.494 e. The normalized spacial score (nSPS) is 18.8. The van der Waals surface area contributed by atoms with Gasteiger partial charge in [0.2, 0.25) is 0 Å². The van der Waals surface area contributed by atoms with Crippen LogP contribution < -0.4 is 10.1 Å². The number of H-pyrrole nitrogens is 1. The second-order valence-electron chi connectivity index (χ2n) is 11.4. The van der Waals surface area contributed by atoms with E-state index >= 15 is 0 Å². The highest BCUT2D eigenvalue weighted by atomic mass is 19.1. The number of carboxylic acid groups (broad SMARTS) is 1. The van der Waals surface area contributed by atoms with Gasteiger partial charge in [0.1, 0.15) is 23.1 Å². The third kappa shape index (κ3) is 5.15. The van der Waals surface area contributed by atoms with Crippen LogP contribution in [0.1, 0.15) is 35.2 Å². The van der Waals surface area contributed by atoms with Gasteiger partial charge in [-0.05, 0) is 49.1 Å². The molecule has 0 unspecified atom stereocenters. The van der Waals surface area contributed by atoms with Gasteiger partial charge in [-0.1, -0.05) is 0 Å². The maximum Gasteiger partial charge on any atom is 0.404 e. The lowest BCUT2D eigenvalue weighted by Gasteiger charge is -2.34. The number of methoxy groups -OCH3 is 1. The van der Waals surface area contributed by atoms with Crippen LogP contribution in [0.15, 0.2) is 48.9 Å². The lowest BCUT2D eigenvalue weighted by atomic mass is 10.0. The highest BCUT2D eigenvalue weighted by molar-refractivity contribution is 6.00. The number of hydrogen-bond donors (Lipinski definition) is 3. The van der Waals surface area contributed by atoms with Crippen LogP contribution in [-0.4, -0.2) is 83.7 Å². The van der Waals surface area contributed by atoms with E-state index in [-0.39, 0.29) is 25.1 Å². The summed E-state index contributed by atoms with van der Waals surface area (Å²) in [7, 11) is 1.54. The number of imidazole rings is 1. The second-order valence-corrected chi connectivity index (χ2v) is 11.4. The van der Waals surface area contributed by atoms with Crippen LogP contribution in [0.25, 0.3) is 33.6 Å². The van der Waals surface area contributed by atoms with Gasteiger partial charge in [0.05, 0.1) is 43.6 Å². The molecule has 2 amide bonds. The Labute approximate surface area is 245 Å². The summed E-state index contributed by atoms with van der Waals surface area (Å²) in [6, 6.07) is 8.70. The summed E-state index contributed by atoms with van der Waals surface area (Å²) in [5, 5.41) is 19.5. The summed E-state index contributed by atoms with van der Waals surface area (Å²) in [6.07, 6.45) is 5.15. The molecule has 1 saturated carbocycles. The number of likely N-dealkylation sites (tertiary alicyclic amines) is 1. The summed E-state index contributed by atoms with van der Waals surface area (Å²) < 4.78 is 24.7. The molecular weight excluding hydrogens is 555 g/mol. The number of halogens is 1. The minimum Gasteiger partial charge on any atom is -0.494 e. The first kappa shape index (κ1) is 26.9. The molecule has 1 aliphatic heterocycles. The first-order valence-electron chi connectivity index (χ1n) is 14.3. The van der Waals surface area contributed by atoms with Crippen LogP contribution in [0.4, 0.5) is 9.18 Å². The van der Waals surface area contributed by atoms with E-state index in [1.165, 1.54) is 24.9 Å². The number of benzene rings is 1. The minimum atomic E-state index is -1.34. The number of alkyl halides is 1. The monoisotopic (exact) mass is 586 g/mol. The zero-order valence-electron chi connectivity index (χ0n) is 23.5. The zero-order chi connectivity index (χ0) is 29.7. The highest BCUT2D eigenvalue weighted by Crippen LogP contribution is 2.38. The van der Waals surface area contributed by atoms with E-state index in [1.807, 2.05) is 18.3 Å². The molecule has 0 bridgehead atoms. The molecule has 4 aromatic heterocycles. The van der Waals surface area contributed by atoms with Gasteiger partial charge in [-0.3, -0.25) is 9.89 Å². The van der Waals surface area contributed by atoms with Gasteiger partial charge in [0, 0.05) is 48.4 Å². The second kappa shape index (κ2) is 10.7. The molecule has 7 rings (SSSR count). The number of nitrogens with zero attached hydrogens (tertiary/aromatic N) is 6. The van der Waals surface area contributed by atoms with Crippen LogP contribution >= 0.6 is 0 Å². The number of fused-ring (bicyclic) bond motifs is 2. The van der Waals surface area contributed by atoms with Crippen molar-refractivity contribution >= 4 is 34.1 Å². The Bertz CT molecular complexity index is 1830. The molecule has 12 nitrogen and oxygen atoms in total. The molecule has 1 aliphatic carbocycles. The molecular formula is C30H31FN8O4. The number of hydrogen-bond acceptors (Lipinski definition) is 6. The zero-order valence-corrected chi connectivity index (χ0v) is 23.5.